The third kappa shape index (κ3) is 2.25. The van der Waals surface area contributed by atoms with E-state index in [4.69, 9.17) is 10.5 Å². The molecule has 2 unspecified atom stereocenters. The molecule has 100 valence electrons. The van der Waals surface area contributed by atoms with Gasteiger partial charge in [-0.05, 0) is 32.7 Å². The van der Waals surface area contributed by atoms with Gasteiger partial charge < -0.3 is 10.5 Å². The number of rotatable bonds is 6. The molecule has 2 rings (SSSR count). The number of nitrogens with two attached hydrogens (primary N) is 1. The second-order valence-electron chi connectivity index (χ2n) is 6.32. The van der Waals surface area contributed by atoms with Crippen LogP contribution in [0.4, 0.5) is 0 Å². The van der Waals surface area contributed by atoms with Crippen molar-refractivity contribution in [2.45, 2.75) is 64.6 Å². The third-order valence-corrected chi connectivity index (χ3v) is 4.96. The summed E-state index contributed by atoms with van der Waals surface area (Å²) >= 11 is 0. The van der Waals surface area contributed by atoms with Crippen molar-refractivity contribution in [2.24, 2.45) is 11.1 Å². The smallest absolute Gasteiger partial charge is 0.0662 e. The van der Waals surface area contributed by atoms with E-state index in [1.54, 1.807) is 0 Å². The Morgan fingerprint density at radius 1 is 1.29 bits per heavy atom. The van der Waals surface area contributed by atoms with Crippen LogP contribution < -0.4 is 5.73 Å². The molecule has 2 N–H and O–H groups in total. The Morgan fingerprint density at radius 2 is 1.94 bits per heavy atom. The maximum atomic E-state index is 6.62. The van der Waals surface area contributed by atoms with Crippen molar-refractivity contribution in [2.75, 3.05) is 19.7 Å². The summed E-state index contributed by atoms with van der Waals surface area (Å²) in [5, 5.41) is 0. The van der Waals surface area contributed by atoms with Crippen LogP contribution in [0, 0.1) is 5.41 Å². The molecule has 2 aliphatic carbocycles. The van der Waals surface area contributed by atoms with Crippen LogP contribution >= 0.6 is 0 Å². The van der Waals surface area contributed by atoms with Gasteiger partial charge in [0.25, 0.3) is 0 Å². The molecule has 0 aromatic heterocycles. The Labute approximate surface area is 106 Å². The fourth-order valence-electron chi connectivity index (χ4n) is 3.08. The number of likely N-dealkylation sites (N-methyl/N-ethyl adjacent to an activating group) is 1. The molecule has 2 saturated carbocycles. The lowest BCUT2D eigenvalue weighted by atomic mass is 9.54. The summed E-state index contributed by atoms with van der Waals surface area (Å²) in [4.78, 5) is 2.56. The molecule has 0 saturated heterocycles. The third-order valence-electron chi connectivity index (χ3n) is 4.96. The van der Waals surface area contributed by atoms with Gasteiger partial charge in [0.05, 0.1) is 6.10 Å². The van der Waals surface area contributed by atoms with E-state index >= 15 is 0 Å². The lowest BCUT2D eigenvalue weighted by Crippen LogP contribution is -2.73. The first kappa shape index (κ1) is 13.3. The van der Waals surface area contributed by atoms with Gasteiger partial charge in [0.15, 0.2) is 0 Å². The van der Waals surface area contributed by atoms with Crippen molar-refractivity contribution in [3.8, 4) is 0 Å². The van der Waals surface area contributed by atoms with Crippen LogP contribution in [-0.4, -0.2) is 42.3 Å². The zero-order valence-corrected chi connectivity index (χ0v) is 11.8. The SMILES string of the molecule is CCOC1CC(N)(CN(CC)C2CC2)C1(C)C. The van der Waals surface area contributed by atoms with Crippen molar-refractivity contribution in [1.82, 2.24) is 4.90 Å². The monoisotopic (exact) mass is 240 g/mol. The molecule has 17 heavy (non-hydrogen) atoms. The van der Waals surface area contributed by atoms with Crippen molar-refractivity contribution < 1.29 is 4.74 Å². The van der Waals surface area contributed by atoms with Crippen LogP contribution in [0.3, 0.4) is 0 Å². The van der Waals surface area contributed by atoms with E-state index in [9.17, 15) is 0 Å². The minimum atomic E-state index is -0.0641. The first-order valence-electron chi connectivity index (χ1n) is 7.09. The quantitative estimate of drug-likeness (QED) is 0.772. The highest BCUT2D eigenvalue weighted by molar-refractivity contribution is 5.15. The van der Waals surface area contributed by atoms with Crippen molar-refractivity contribution in [1.29, 1.82) is 0 Å². The van der Waals surface area contributed by atoms with Gasteiger partial charge in [0.1, 0.15) is 0 Å². The van der Waals surface area contributed by atoms with E-state index < -0.39 is 0 Å². The van der Waals surface area contributed by atoms with Gasteiger partial charge in [-0.1, -0.05) is 20.8 Å². The van der Waals surface area contributed by atoms with Crippen LogP contribution in [0.1, 0.15) is 47.0 Å². The molecule has 0 aromatic rings. The molecule has 0 bridgehead atoms. The summed E-state index contributed by atoms with van der Waals surface area (Å²) in [5.74, 6) is 0. The van der Waals surface area contributed by atoms with Gasteiger partial charge in [-0.15, -0.1) is 0 Å². The summed E-state index contributed by atoms with van der Waals surface area (Å²) in [7, 11) is 0. The van der Waals surface area contributed by atoms with E-state index in [0.717, 1.165) is 32.2 Å². The lowest BCUT2D eigenvalue weighted by Gasteiger charge is -2.60. The summed E-state index contributed by atoms with van der Waals surface area (Å²) in [6, 6.07) is 0.808. The van der Waals surface area contributed by atoms with Crippen LogP contribution in [0.2, 0.25) is 0 Å². The molecule has 2 fully saturated rings. The normalized spacial score (nSPS) is 36.0. The van der Waals surface area contributed by atoms with Crippen LogP contribution in [-0.2, 0) is 4.74 Å². The highest BCUT2D eigenvalue weighted by Gasteiger charge is 2.59. The van der Waals surface area contributed by atoms with Crippen molar-refractivity contribution >= 4 is 0 Å². The van der Waals surface area contributed by atoms with Gasteiger partial charge in [-0.3, -0.25) is 4.90 Å². The first-order chi connectivity index (χ1) is 7.94. The summed E-state index contributed by atoms with van der Waals surface area (Å²) in [6.45, 7) is 11.8. The van der Waals surface area contributed by atoms with Gasteiger partial charge in [0.2, 0.25) is 0 Å². The predicted octanol–water partition coefficient (Wildman–Crippen LogP) is 2.00. The number of hydrogen-bond acceptors (Lipinski definition) is 3. The molecule has 3 heteroatoms. The highest BCUT2D eigenvalue weighted by atomic mass is 16.5. The topological polar surface area (TPSA) is 38.5 Å². The van der Waals surface area contributed by atoms with E-state index in [1.807, 2.05) is 0 Å². The number of ether oxygens (including phenoxy) is 1. The summed E-state index contributed by atoms with van der Waals surface area (Å²) in [5.41, 5.74) is 6.66. The second-order valence-corrected chi connectivity index (χ2v) is 6.32. The number of nitrogens with zero attached hydrogens (tertiary/aromatic N) is 1. The van der Waals surface area contributed by atoms with Crippen molar-refractivity contribution in [3.63, 3.8) is 0 Å². The Kier molecular flexibility index (Phi) is 3.54. The predicted molar refractivity (Wildman–Crippen MR) is 71.0 cm³/mol. The van der Waals surface area contributed by atoms with Crippen molar-refractivity contribution in [3.05, 3.63) is 0 Å². The summed E-state index contributed by atoms with van der Waals surface area (Å²) < 4.78 is 5.78. The molecule has 0 aliphatic heterocycles. The van der Waals surface area contributed by atoms with E-state index in [-0.39, 0.29) is 11.0 Å². The Hall–Kier alpha value is -0.120. The molecule has 0 spiro atoms. The molecular formula is C14H28N2O. The van der Waals surface area contributed by atoms with Gasteiger partial charge >= 0.3 is 0 Å². The average molecular weight is 240 g/mol. The molecule has 0 amide bonds. The zero-order chi connectivity index (χ0) is 12.7. The molecule has 3 nitrogen and oxygen atoms in total. The standard InChI is InChI=1S/C14H28N2O/c1-5-16(11-7-8-11)10-14(15)9-12(17-6-2)13(14,3)4/h11-12H,5-10,15H2,1-4H3. The van der Waals surface area contributed by atoms with Gasteiger partial charge in [-0.2, -0.15) is 0 Å². The second kappa shape index (κ2) is 4.52. The summed E-state index contributed by atoms with van der Waals surface area (Å²) in [6.07, 6.45) is 4.07. The van der Waals surface area contributed by atoms with E-state index in [2.05, 4.69) is 32.6 Å². The fraction of sp³-hybridized carbons (Fsp3) is 1.00. The van der Waals surface area contributed by atoms with Crippen LogP contribution in [0.15, 0.2) is 0 Å². The van der Waals surface area contributed by atoms with Gasteiger partial charge in [0, 0.05) is 30.1 Å². The molecule has 2 aliphatic rings. The molecule has 0 heterocycles. The zero-order valence-electron chi connectivity index (χ0n) is 11.8. The van der Waals surface area contributed by atoms with Gasteiger partial charge in [-0.25, -0.2) is 0 Å². The molecule has 0 aromatic carbocycles. The maximum Gasteiger partial charge on any atom is 0.0662 e. The minimum Gasteiger partial charge on any atom is -0.378 e. The number of hydrogen-bond donors (Lipinski definition) is 1. The minimum absolute atomic E-state index is 0.0641. The Balaban J connectivity index is 1.95. The Morgan fingerprint density at radius 3 is 2.35 bits per heavy atom. The molecule has 0 radical (unpaired) electrons. The first-order valence-corrected chi connectivity index (χ1v) is 7.09. The lowest BCUT2D eigenvalue weighted by molar-refractivity contribution is -0.156. The maximum absolute atomic E-state index is 6.62. The van der Waals surface area contributed by atoms with Crippen LogP contribution in [0.25, 0.3) is 0 Å². The highest BCUT2D eigenvalue weighted by Crippen LogP contribution is 2.50. The largest absolute Gasteiger partial charge is 0.378 e. The Bertz CT molecular complexity index is 275. The van der Waals surface area contributed by atoms with E-state index in [0.29, 0.717) is 6.10 Å². The average Bonchev–Trinajstić information content (AvgIpc) is 3.09. The molecular weight excluding hydrogens is 212 g/mol. The van der Waals surface area contributed by atoms with Crippen LogP contribution in [0.5, 0.6) is 0 Å². The fourth-order valence-corrected chi connectivity index (χ4v) is 3.08. The molecule has 2 atom stereocenters. The van der Waals surface area contributed by atoms with E-state index in [1.165, 1.54) is 12.8 Å².